The van der Waals surface area contributed by atoms with Gasteiger partial charge >= 0.3 is 0 Å². The van der Waals surface area contributed by atoms with E-state index in [4.69, 9.17) is 16.3 Å². The van der Waals surface area contributed by atoms with E-state index in [0.29, 0.717) is 49.2 Å². The molecule has 1 unspecified atom stereocenters. The number of benzene rings is 3. The normalized spacial score (nSPS) is 11.7. The van der Waals surface area contributed by atoms with E-state index in [0.717, 1.165) is 16.7 Å². The van der Waals surface area contributed by atoms with Crippen molar-refractivity contribution in [3.8, 4) is 5.75 Å². The van der Waals surface area contributed by atoms with E-state index in [1.165, 1.54) is 0 Å². The number of nitrogens with zero attached hydrogens (tertiary/aromatic N) is 1. The third-order valence-corrected chi connectivity index (χ3v) is 6.43. The third kappa shape index (κ3) is 9.25. The fourth-order valence-corrected chi connectivity index (χ4v) is 4.16. The maximum Gasteiger partial charge on any atom is 0.243 e. The van der Waals surface area contributed by atoms with E-state index in [-0.39, 0.29) is 18.2 Å². The van der Waals surface area contributed by atoms with Crippen LogP contribution in [0, 0.1) is 12.8 Å². The molecule has 3 aromatic rings. The van der Waals surface area contributed by atoms with Crippen LogP contribution in [0.5, 0.6) is 5.75 Å². The molecule has 6 heteroatoms. The summed E-state index contributed by atoms with van der Waals surface area (Å²) in [6.07, 6.45) is 1.27. The van der Waals surface area contributed by atoms with Crippen LogP contribution in [0.4, 0.5) is 0 Å². The molecule has 0 spiro atoms. The summed E-state index contributed by atoms with van der Waals surface area (Å²) in [4.78, 5) is 28.9. The molecule has 0 heterocycles. The second-order valence-electron chi connectivity index (χ2n) is 9.70. The van der Waals surface area contributed by atoms with E-state index in [1.807, 2.05) is 73.7 Å². The Morgan fingerprint density at radius 1 is 0.946 bits per heavy atom. The van der Waals surface area contributed by atoms with Crippen molar-refractivity contribution < 1.29 is 14.3 Å². The Morgan fingerprint density at radius 3 is 2.30 bits per heavy atom. The first-order valence-corrected chi connectivity index (χ1v) is 13.2. The number of nitrogens with one attached hydrogen (secondary N) is 1. The van der Waals surface area contributed by atoms with Crippen LogP contribution in [0.25, 0.3) is 0 Å². The molecule has 2 amide bonds. The third-order valence-electron chi connectivity index (χ3n) is 6.17. The van der Waals surface area contributed by atoms with Gasteiger partial charge in [-0.3, -0.25) is 9.59 Å². The zero-order valence-electron chi connectivity index (χ0n) is 22.0. The number of ether oxygens (including phenoxy) is 1. The van der Waals surface area contributed by atoms with Crippen LogP contribution in [-0.4, -0.2) is 35.9 Å². The smallest absolute Gasteiger partial charge is 0.243 e. The van der Waals surface area contributed by atoms with Crippen LogP contribution in [0.1, 0.15) is 43.4 Å². The zero-order chi connectivity index (χ0) is 26.6. The average Bonchev–Trinajstić information content (AvgIpc) is 2.89. The van der Waals surface area contributed by atoms with Gasteiger partial charge in [-0.25, -0.2) is 0 Å². The van der Waals surface area contributed by atoms with Gasteiger partial charge in [0.1, 0.15) is 11.8 Å². The van der Waals surface area contributed by atoms with Crippen molar-refractivity contribution in [3.05, 3.63) is 101 Å². The summed E-state index contributed by atoms with van der Waals surface area (Å²) < 4.78 is 5.79. The lowest BCUT2D eigenvalue weighted by atomic mass is 10.0. The SMILES string of the molecule is Cc1ccccc1CN(C(=O)CCCOc1ccc(Cl)cc1)C(Cc1ccccc1)C(=O)NCC(C)C. The summed E-state index contributed by atoms with van der Waals surface area (Å²) in [6, 6.07) is 24.4. The Labute approximate surface area is 225 Å². The van der Waals surface area contributed by atoms with Crippen LogP contribution < -0.4 is 10.1 Å². The summed E-state index contributed by atoms with van der Waals surface area (Å²) in [5, 5.41) is 3.71. The van der Waals surface area contributed by atoms with Crippen molar-refractivity contribution >= 4 is 23.4 Å². The Hall–Kier alpha value is -3.31. The lowest BCUT2D eigenvalue weighted by Gasteiger charge is -2.32. The highest BCUT2D eigenvalue weighted by atomic mass is 35.5. The summed E-state index contributed by atoms with van der Waals surface area (Å²) in [6.45, 7) is 7.48. The molecule has 0 radical (unpaired) electrons. The van der Waals surface area contributed by atoms with Crippen molar-refractivity contribution in [1.29, 1.82) is 0 Å². The summed E-state index contributed by atoms with van der Waals surface area (Å²) in [5.41, 5.74) is 3.14. The van der Waals surface area contributed by atoms with Gasteiger partial charge in [-0.2, -0.15) is 0 Å². The van der Waals surface area contributed by atoms with Crippen molar-refractivity contribution in [2.75, 3.05) is 13.2 Å². The predicted molar refractivity (Wildman–Crippen MR) is 150 cm³/mol. The minimum absolute atomic E-state index is 0.0661. The van der Waals surface area contributed by atoms with Gasteiger partial charge in [0.25, 0.3) is 0 Å². The molecule has 3 rings (SSSR count). The summed E-state index contributed by atoms with van der Waals surface area (Å²) in [5.74, 6) is 0.830. The Kier molecular flexibility index (Phi) is 11.0. The lowest BCUT2D eigenvalue weighted by Crippen LogP contribution is -2.51. The second kappa shape index (κ2) is 14.4. The van der Waals surface area contributed by atoms with Gasteiger partial charge < -0.3 is 15.0 Å². The fraction of sp³-hybridized carbons (Fsp3) is 0.355. The predicted octanol–water partition coefficient (Wildman–Crippen LogP) is 6.22. The second-order valence-corrected chi connectivity index (χ2v) is 10.1. The number of halogens is 1. The molecule has 0 aliphatic rings. The van der Waals surface area contributed by atoms with E-state index in [2.05, 4.69) is 19.2 Å². The number of carbonyl (C=O) groups is 2. The molecule has 0 fully saturated rings. The monoisotopic (exact) mass is 520 g/mol. The zero-order valence-corrected chi connectivity index (χ0v) is 22.7. The molecule has 0 saturated carbocycles. The summed E-state index contributed by atoms with van der Waals surface area (Å²) >= 11 is 5.94. The van der Waals surface area contributed by atoms with Crippen LogP contribution in [0.15, 0.2) is 78.9 Å². The van der Waals surface area contributed by atoms with Crippen LogP contribution in [-0.2, 0) is 22.6 Å². The number of rotatable bonds is 13. The standard InChI is InChI=1S/C31H37ClN2O3/c1-23(2)21-33-31(36)29(20-25-11-5-4-6-12-25)34(22-26-13-8-7-10-24(26)3)30(35)14-9-19-37-28-17-15-27(32)16-18-28/h4-8,10-13,15-18,23,29H,9,14,19-22H2,1-3H3,(H,33,36). The maximum atomic E-state index is 13.7. The van der Waals surface area contributed by atoms with E-state index in [1.54, 1.807) is 17.0 Å². The molecule has 196 valence electrons. The van der Waals surface area contributed by atoms with E-state index >= 15 is 0 Å². The largest absolute Gasteiger partial charge is 0.494 e. The first-order chi connectivity index (χ1) is 17.8. The van der Waals surface area contributed by atoms with Crippen molar-refractivity contribution in [2.24, 2.45) is 5.92 Å². The number of hydrogen-bond donors (Lipinski definition) is 1. The molecule has 0 saturated heterocycles. The van der Waals surface area contributed by atoms with Crippen LogP contribution in [0.3, 0.4) is 0 Å². The number of amides is 2. The van der Waals surface area contributed by atoms with Gasteiger partial charge in [-0.05, 0) is 60.2 Å². The molecule has 0 bridgehead atoms. The molecule has 1 atom stereocenters. The van der Waals surface area contributed by atoms with Crippen molar-refractivity contribution in [1.82, 2.24) is 10.2 Å². The molecule has 3 aromatic carbocycles. The Bertz CT molecular complexity index is 1130. The molecule has 0 aromatic heterocycles. The van der Waals surface area contributed by atoms with Gasteiger partial charge in [0, 0.05) is 31.0 Å². The van der Waals surface area contributed by atoms with Crippen LogP contribution >= 0.6 is 11.6 Å². The van der Waals surface area contributed by atoms with Gasteiger partial charge in [-0.1, -0.05) is 80.0 Å². The topological polar surface area (TPSA) is 58.6 Å². The lowest BCUT2D eigenvalue weighted by molar-refractivity contribution is -0.141. The molecule has 1 N–H and O–H groups in total. The number of aryl methyl sites for hydroxylation is 1. The average molecular weight is 521 g/mol. The van der Waals surface area contributed by atoms with Crippen molar-refractivity contribution in [3.63, 3.8) is 0 Å². The summed E-state index contributed by atoms with van der Waals surface area (Å²) in [7, 11) is 0. The number of carbonyl (C=O) groups excluding carboxylic acids is 2. The van der Waals surface area contributed by atoms with E-state index < -0.39 is 6.04 Å². The minimum Gasteiger partial charge on any atom is -0.494 e. The molecule has 0 aliphatic carbocycles. The van der Waals surface area contributed by atoms with Gasteiger partial charge in [0.2, 0.25) is 11.8 Å². The Morgan fingerprint density at radius 2 is 1.62 bits per heavy atom. The van der Waals surface area contributed by atoms with E-state index in [9.17, 15) is 9.59 Å². The molecule has 37 heavy (non-hydrogen) atoms. The van der Waals surface area contributed by atoms with Gasteiger partial charge in [-0.15, -0.1) is 0 Å². The molecular weight excluding hydrogens is 484 g/mol. The molecule has 0 aliphatic heterocycles. The minimum atomic E-state index is -0.620. The molecule has 5 nitrogen and oxygen atoms in total. The number of hydrogen-bond acceptors (Lipinski definition) is 3. The quantitative estimate of drug-likeness (QED) is 0.272. The highest BCUT2D eigenvalue weighted by Gasteiger charge is 2.30. The van der Waals surface area contributed by atoms with Gasteiger partial charge in [0.05, 0.1) is 6.61 Å². The van der Waals surface area contributed by atoms with Crippen molar-refractivity contribution in [2.45, 2.75) is 52.6 Å². The fourth-order valence-electron chi connectivity index (χ4n) is 4.04. The van der Waals surface area contributed by atoms with Crippen LogP contribution in [0.2, 0.25) is 5.02 Å². The molecular formula is C31H37ClN2O3. The van der Waals surface area contributed by atoms with Gasteiger partial charge in [0.15, 0.2) is 0 Å². The Balaban J connectivity index is 1.79. The first-order valence-electron chi connectivity index (χ1n) is 12.9. The highest BCUT2D eigenvalue weighted by molar-refractivity contribution is 6.30. The highest BCUT2D eigenvalue weighted by Crippen LogP contribution is 2.19. The maximum absolute atomic E-state index is 13.7. The first kappa shape index (κ1) is 28.3.